The van der Waals surface area contributed by atoms with Gasteiger partial charge in [0, 0.05) is 47.2 Å². The van der Waals surface area contributed by atoms with Crippen LogP contribution in [0, 0.1) is 6.92 Å². The van der Waals surface area contributed by atoms with E-state index in [2.05, 4.69) is 67.3 Å². The van der Waals surface area contributed by atoms with Crippen molar-refractivity contribution in [3.05, 3.63) is 57.8 Å². The maximum Gasteiger partial charge on any atom is 0.252 e. The number of amides is 1. The lowest BCUT2D eigenvalue weighted by atomic mass is 9.87. The molecule has 2 aliphatic rings. The normalized spacial score (nSPS) is 17.6. The zero-order valence-corrected chi connectivity index (χ0v) is 21.4. The molecule has 0 saturated carbocycles. The molecule has 1 saturated heterocycles. The third-order valence-electron chi connectivity index (χ3n) is 7.29. The quantitative estimate of drug-likeness (QED) is 0.552. The third kappa shape index (κ3) is 4.90. The van der Waals surface area contributed by atoms with Gasteiger partial charge in [0.15, 0.2) is 5.78 Å². The van der Waals surface area contributed by atoms with E-state index in [9.17, 15) is 9.59 Å². The van der Waals surface area contributed by atoms with E-state index < -0.39 is 0 Å². The maximum atomic E-state index is 13.6. The monoisotopic (exact) mass is 461 g/mol. The minimum atomic E-state index is -0.0900. The zero-order chi connectivity index (χ0) is 24.4. The van der Waals surface area contributed by atoms with Gasteiger partial charge in [0.1, 0.15) is 0 Å². The fourth-order valence-corrected chi connectivity index (χ4v) is 5.55. The fourth-order valence-electron chi connectivity index (χ4n) is 5.55. The Hall–Kier alpha value is -2.66. The van der Waals surface area contributed by atoms with Crippen LogP contribution in [0.15, 0.2) is 41.1 Å². The number of piperidine rings is 1. The molecule has 2 aromatic rings. The highest BCUT2D eigenvalue weighted by molar-refractivity contribution is 6.09. The lowest BCUT2D eigenvalue weighted by Crippen LogP contribution is -2.30. The number of aromatic nitrogens is 1. The second-order valence-corrected chi connectivity index (χ2v) is 10.3. The average molecular weight is 462 g/mol. The molecule has 2 N–H and O–H groups in total. The fraction of sp³-hybridized carbons (Fsp3) is 0.517. The molecule has 0 bridgehead atoms. The molecule has 1 amide bonds. The number of benzene rings is 1. The minimum Gasteiger partial charge on any atom is -0.348 e. The molecule has 1 fully saturated rings. The summed E-state index contributed by atoms with van der Waals surface area (Å²) in [5, 5.41) is 7.59. The molecule has 5 heteroatoms. The Labute approximate surface area is 203 Å². The Morgan fingerprint density at radius 3 is 2.62 bits per heavy atom. The number of nitrogens with zero attached hydrogens (tertiary/aromatic N) is 1. The van der Waals surface area contributed by atoms with E-state index in [1.165, 1.54) is 5.56 Å². The molecule has 1 aliphatic carbocycles. The molecule has 5 nitrogen and oxygen atoms in total. The highest BCUT2D eigenvalue weighted by atomic mass is 16.2. The Balaban J connectivity index is 1.71. The smallest absolute Gasteiger partial charge is 0.252 e. The van der Waals surface area contributed by atoms with Crippen LogP contribution in [0.3, 0.4) is 0 Å². The number of Topliss-reactive ketones (excluding diaryl/α,β-unsaturated/α-hetero) is 1. The van der Waals surface area contributed by atoms with Gasteiger partial charge in [-0.05, 0) is 94.8 Å². The Kier molecular flexibility index (Phi) is 7.42. The molecular weight excluding hydrogens is 422 g/mol. The van der Waals surface area contributed by atoms with Crippen molar-refractivity contribution in [2.45, 2.75) is 78.7 Å². The first-order valence-electron chi connectivity index (χ1n) is 12.9. The predicted octanol–water partition coefficient (Wildman–Crippen LogP) is 5.74. The molecular formula is C29H39N3O2. The number of hydrogen-bond acceptors (Lipinski definition) is 3. The Bertz CT molecular complexity index is 1160. The van der Waals surface area contributed by atoms with E-state index >= 15 is 0 Å². The third-order valence-corrected chi connectivity index (χ3v) is 7.29. The van der Waals surface area contributed by atoms with Crippen LogP contribution in [0.5, 0.6) is 0 Å². The second kappa shape index (κ2) is 10.3. The number of carbonyl (C=O) groups is 2. The number of fused-ring (bicyclic) bond motifs is 1. The van der Waals surface area contributed by atoms with Crippen LogP contribution in [0.2, 0.25) is 0 Å². The Morgan fingerprint density at radius 1 is 1.21 bits per heavy atom. The molecule has 0 unspecified atom stereocenters. The number of hydrogen-bond donors (Lipinski definition) is 2. The van der Waals surface area contributed by atoms with Crippen molar-refractivity contribution in [2.24, 2.45) is 0 Å². The van der Waals surface area contributed by atoms with E-state index in [-0.39, 0.29) is 11.7 Å². The van der Waals surface area contributed by atoms with Gasteiger partial charge in [0.05, 0.1) is 0 Å². The summed E-state index contributed by atoms with van der Waals surface area (Å²) in [6.07, 6.45) is 8.76. The van der Waals surface area contributed by atoms with E-state index in [0.717, 1.165) is 77.5 Å². The molecule has 1 aliphatic heterocycles. The van der Waals surface area contributed by atoms with Gasteiger partial charge in [-0.1, -0.05) is 25.0 Å². The highest BCUT2D eigenvalue weighted by Gasteiger charge is 2.24. The topological polar surface area (TPSA) is 63.1 Å². The molecule has 34 heavy (non-hydrogen) atoms. The summed E-state index contributed by atoms with van der Waals surface area (Å²) in [4.78, 5) is 26.4. The summed E-state index contributed by atoms with van der Waals surface area (Å²) in [7, 11) is 0. The maximum absolute atomic E-state index is 13.6. The molecule has 1 aromatic heterocycles. The first-order valence-corrected chi connectivity index (χ1v) is 12.9. The number of allylic oxidation sites excluding steroid dienone is 3. The summed E-state index contributed by atoms with van der Waals surface area (Å²) in [6.45, 7) is 12.9. The van der Waals surface area contributed by atoms with Gasteiger partial charge in [-0.25, -0.2) is 0 Å². The molecule has 0 spiro atoms. The molecule has 1 aromatic carbocycles. The van der Waals surface area contributed by atoms with Crippen LogP contribution < -0.4 is 10.6 Å². The Morgan fingerprint density at radius 2 is 1.94 bits per heavy atom. The minimum absolute atomic E-state index is 0.0900. The lowest BCUT2D eigenvalue weighted by Gasteiger charge is -2.24. The first kappa shape index (κ1) is 24.5. The van der Waals surface area contributed by atoms with Gasteiger partial charge in [-0.15, -0.1) is 0 Å². The standard InChI is InChI=1S/C29H39N3O2/c1-6-7-22-12-19(4)13-27(33)25(22)16-31-29(34)24-14-23(21-8-10-30-11-9-21)15-26-28(24)20(5)17-32(26)18(2)3/h12,14-15,17-18,21,30H,6-11,13,16H2,1-5H3,(H,31,34). The van der Waals surface area contributed by atoms with E-state index in [1.54, 1.807) is 0 Å². The zero-order valence-electron chi connectivity index (χ0n) is 21.4. The van der Waals surface area contributed by atoms with Gasteiger partial charge in [0.25, 0.3) is 5.91 Å². The van der Waals surface area contributed by atoms with Crippen molar-refractivity contribution >= 4 is 22.6 Å². The van der Waals surface area contributed by atoms with Crippen LogP contribution in [-0.4, -0.2) is 35.9 Å². The van der Waals surface area contributed by atoms with Crippen molar-refractivity contribution < 1.29 is 9.59 Å². The number of aryl methyl sites for hydroxylation is 1. The van der Waals surface area contributed by atoms with Gasteiger partial charge in [-0.3, -0.25) is 9.59 Å². The lowest BCUT2D eigenvalue weighted by molar-refractivity contribution is -0.115. The van der Waals surface area contributed by atoms with Crippen molar-refractivity contribution in [1.29, 1.82) is 0 Å². The molecule has 4 rings (SSSR count). The molecule has 182 valence electrons. The van der Waals surface area contributed by atoms with Crippen LogP contribution >= 0.6 is 0 Å². The SMILES string of the molecule is CCCC1=C(CNC(=O)c2cc(C3CCNCC3)cc3c2c(C)cn3C(C)C)C(=O)CC(C)=C1. The summed E-state index contributed by atoms with van der Waals surface area (Å²) in [5.41, 5.74) is 7.17. The number of nitrogens with one attached hydrogen (secondary N) is 2. The summed E-state index contributed by atoms with van der Waals surface area (Å²) >= 11 is 0. The molecule has 2 heterocycles. The van der Waals surface area contributed by atoms with Crippen LogP contribution in [-0.2, 0) is 4.79 Å². The van der Waals surface area contributed by atoms with Crippen molar-refractivity contribution in [3.8, 4) is 0 Å². The average Bonchev–Trinajstić information content (AvgIpc) is 3.15. The first-order chi connectivity index (χ1) is 16.3. The molecule has 0 atom stereocenters. The van der Waals surface area contributed by atoms with Crippen molar-refractivity contribution in [1.82, 2.24) is 15.2 Å². The van der Waals surface area contributed by atoms with Gasteiger partial charge in [-0.2, -0.15) is 0 Å². The second-order valence-electron chi connectivity index (χ2n) is 10.3. The molecule has 0 radical (unpaired) electrons. The van der Waals surface area contributed by atoms with Crippen molar-refractivity contribution in [2.75, 3.05) is 19.6 Å². The number of ketones is 1. The van der Waals surface area contributed by atoms with E-state index in [4.69, 9.17) is 0 Å². The summed E-state index contributed by atoms with van der Waals surface area (Å²) in [6, 6.07) is 4.72. The van der Waals surface area contributed by atoms with Gasteiger partial charge in [0.2, 0.25) is 0 Å². The van der Waals surface area contributed by atoms with Gasteiger partial charge >= 0.3 is 0 Å². The van der Waals surface area contributed by atoms with Crippen molar-refractivity contribution in [3.63, 3.8) is 0 Å². The highest BCUT2D eigenvalue weighted by Crippen LogP contribution is 2.34. The summed E-state index contributed by atoms with van der Waals surface area (Å²) < 4.78 is 2.28. The van der Waals surface area contributed by atoms with E-state index in [0.29, 0.717) is 24.9 Å². The van der Waals surface area contributed by atoms with Gasteiger partial charge < -0.3 is 15.2 Å². The van der Waals surface area contributed by atoms with E-state index in [1.807, 2.05) is 6.92 Å². The number of rotatable bonds is 7. The largest absolute Gasteiger partial charge is 0.348 e. The summed E-state index contributed by atoms with van der Waals surface area (Å²) in [5.74, 6) is 0.507. The predicted molar refractivity (Wildman–Crippen MR) is 140 cm³/mol. The number of carbonyl (C=O) groups excluding carboxylic acids is 2. The van der Waals surface area contributed by atoms with Crippen LogP contribution in [0.4, 0.5) is 0 Å². The van der Waals surface area contributed by atoms with Crippen LogP contribution in [0.1, 0.15) is 93.2 Å². The van der Waals surface area contributed by atoms with Crippen LogP contribution in [0.25, 0.3) is 10.9 Å².